The lowest BCUT2D eigenvalue weighted by atomic mass is 10.1. The topological polar surface area (TPSA) is 85.8 Å². The molecule has 1 amide bonds. The molecule has 0 radical (unpaired) electrons. The number of hydrogen-bond acceptors (Lipinski definition) is 6. The van der Waals surface area contributed by atoms with E-state index in [0.29, 0.717) is 23.8 Å². The Hall–Kier alpha value is -3.35. The van der Waals surface area contributed by atoms with Gasteiger partial charge in [0.15, 0.2) is 5.76 Å². The molecule has 0 bridgehead atoms. The fraction of sp³-hybridized carbons (Fsp3) is 0.250. The number of rotatable bonds is 5. The van der Waals surface area contributed by atoms with Gasteiger partial charge in [0.2, 0.25) is 11.7 Å². The number of nitrogens with zero attached hydrogens (tertiary/aromatic N) is 2. The lowest BCUT2D eigenvalue weighted by Crippen LogP contribution is -2.26. The maximum atomic E-state index is 12.4. The van der Waals surface area contributed by atoms with E-state index in [1.807, 2.05) is 31.2 Å². The summed E-state index contributed by atoms with van der Waals surface area (Å²) in [6.07, 6.45) is 1.68. The molecule has 1 unspecified atom stereocenters. The molecule has 4 rings (SSSR count). The summed E-state index contributed by atoms with van der Waals surface area (Å²) in [6, 6.07) is 12.8. The number of hydrogen-bond donors (Lipinski definition) is 0. The minimum atomic E-state index is -0.491. The maximum Gasteiger partial charge on any atom is 0.311 e. The third-order valence-corrected chi connectivity index (χ3v) is 4.49. The second kappa shape index (κ2) is 7.11. The van der Waals surface area contributed by atoms with E-state index in [2.05, 4.69) is 5.16 Å². The van der Waals surface area contributed by atoms with Gasteiger partial charge >= 0.3 is 5.97 Å². The molecule has 2 aromatic heterocycles. The Labute approximate surface area is 155 Å². The minimum absolute atomic E-state index is 0.0156. The average molecular weight is 366 g/mol. The van der Waals surface area contributed by atoms with Gasteiger partial charge < -0.3 is 18.6 Å². The minimum Gasteiger partial charge on any atom is -0.461 e. The molecule has 0 spiro atoms. The third-order valence-electron chi connectivity index (χ3n) is 4.49. The highest BCUT2D eigenvalue weighted by Crippen LogP contribution is 2.26. The van der Waals surface area contributed by atoms with E-state index in [0.717, 1.165) is 11.3 Å². The Kier molecular flexibility index (Phi) is 4.50. The molecule has 1 aliphatic heterocycles. The Morgan fingerprint density at radius 3 is 2.81 bits per heavy atom. The molecule has 1 aromatic carbocycles. The molecule has 138 valence electrons. The van der Waals surface area contributed by atoms with Gasteiger partial charge in [-0.2, -0.15) is 0 Å². The van der Waals surface area contributed by atoms with Crippen molar-refractivity contribution < 1.29 is 23.3 Å². The summed E-state index contributed by atoms with van der Waals surface area (Å²) in [6.45, 7) is 2.28. The van der Waals surface area contributed by atoms with Crippen molar-refractivity contribution in [1.29, 1.82) is 0 Å². The van der Waals surface area contributed by atoms with Crippen molar-refractivity contribution in [3.63, 3.8) is 0 Å². The number of anilines is 1. The zero-order valence-corrected chi connectivity index (χ0v) is 14.8. The fourth-order valence-corrected chi connectivity index (χ4v) is 3.02. The average Bonchev–Trinajstić information content (AvgIpc) is 3.41. The van der Waals surface area contributed by atoms with Gasteiger partial charge in [-0.3, -0.25) is 9.59 Å². The molecule has 7 nitrogen and oxygen atoms in total. The van der Waals surface area contributed by atoms with Crippen molar-refractivity contribution in [2.24, 2.45) is 5.92 Å². The summed E-state index contributed by atoms with van der Waals surface area (Å²) in [4.78, 5) is 26.2. The van der Waals surface area contributed by atoms with Crippen molar-refractivity contribution in [1.82, 2.24) is 5.16 Å². The lowest BCUT2D eigenvalue weighted by Gasteiger charge is -2.16. The van der Waals surface area contributed by atoms with Crippen LogP contribution in [-0.2, 0) is 20.9 Å². The second-order valence-electron chi connectivity index (χ2n) is 6.51. The van der Waals surface area contributed by atoms with E-state index in [9.17, 15) is 9.59 Å². The highest BCUT2D eigenvalue weighted by molar-refractivity contribution is 5.99. The van der Waals surface area contributed by atoms with E-state index in [-0.39, 0.29) is 18.9 Å². The standard InChI is InChI=1S/C20H18N2O5/c1-13-4-6-16(7-5-13)22-11-14(9-19(22)23)20(24)26-12-15-10-18(27-21-15)17-3-2-8-25-17/h2-8,10,14H,9,11-12H2,1H3. The van der Waals surface area contributed by atoms with Crippen LogP contribution in [0.2, 0.25) is 0 Å². The number of amides is 1. The molecule has 7 heteroatoms. The summed E-state index contributed by atoms with van der Waals surface area (Å²) in [5, 5.41) is 3.87. The van der Waals surface area contributed by atoms with Crippen molar-refractivity contribution in [2.45, 2.75) is 20.0 Å². The van der Waals surface area contributed by atoms with Gasteiger partial charge in [0.1, 0.15) is 12.3 Å². The van der Waals surface area contributed by atoms with Gasteiger partial charge in [-0.1, -0.05) is 22.9 Å². The zero-order chi connectivity index (χ0) is 18.8. The summed E-state index contributed by atoms with van der Waals surface area (Å²) in [7, 11) is 0. The molecular formula is C20H18N2O5. The van der Waals surface area contributed by atoms with Crippen LogP contribution in [0.1, 0.15) is 17.7 Å². The predicted molar refractivity (Wildman–Crippen MR) is 95.6 cm³/mol. The number of aryl methyl sites for hydroxylation is 1. The number of aromatic nitrogens is 1. The Bertz CT molecular complexity index is 943. The number of carbonyl (C=O) groups is 2. The summed E-state index contributed by atoms with van der Waals surface area (Å²) in [5.74, 6) is 0.0287. The maximum absolute atomic E-state index is 12.4. The zero-order valence-electron chi connectivity index (χ0n) is 14.8. The predicted octanol–water partition coefficient (Wildman–Crippen LogP) is 3.34. The summed E-state index contributed by atoms with van der Waals surface area (Å²) >= 11 is 0. The SMILES string of the molecule is Cc1ccc(N2CC(C(=O)OCc3cc(-c4ccco4)on3)CC2=O)cc1. The van der Waals surface area contributed by atoms with Crippen LogP contribution in [-0.4, -0.2) is 23.6 Å². The lowest BCUT2D eigenvalue weighted by molar-refractivity contribution is -0.149. The van der Waals surface area contributed by atoms with E-state index >= 15 is 0 Å². The van der Waals surface area contributed by atoms with Crippen LogP contribution < -0.4 is 4.90 Å². The van der Waals surface area contributed by atoms with Crippen molar-refractivity contribution in [3.8, 4) is 11.5 Å². The largest absolute Gasteiger partial charge is 0.461 e. The highest BCUT2D eigenvalue weighted by atomic mass is 16.5. The van der Waals surface area contributed by atoms with Gasteiger partial charge in [0, 0.05) is 24.7 Å². The van der Waals surface area contributed by atoms with E-state index in [4.69, 9.17) is 13.7 Å². The molecule has 0 N–H and O–H groups in total. The summed E-state index contributed by atoms with van der Waals surface area (Å²) < 4.78 is 15.7. The molecule has 1 aliphatic rings. The Balaban J connectivity index is 1.35. The molecule has 1 saturated heterocycles. The number of furan rings is 1. The van der Waals surface area contributed by atoms with Crippen molar-refractivity contribution in [2.75, 3.05) is 11.4 Å². The number of benzene rings is 1. The first-order chi connectivity index (χ1) is 13.1. The quantitative estimate of drug-likeness (QED) is 0.644. The molecule has 1 fully saturated rings. The van der Waals surface area contributed by atoms with Crippen LogP contribution in [0, 0.1) is 12.8 Å². The molecule has 0 aliphatic carbocycles. The van der Waals surface area contributed by atoms with E-state index < -0.39 is 11.9 Å². The molecular weight excluding hydrogens is 348 g/mol. The normalized spacial score (nSPS) is 16.7. The van der Waals surface area contributed by atoms with Gasteiger partial charge in [0.25, 0.3) is 0 Å². The van der Waals surface area contributed by atoms with Crippen LogP contribution in [0.15, 0.2) is 57.7 Å². The van der Waals surface area contributed by atoms with Gasteiger partial charge in [0.05, 0.1) is 12.2 Å². The number of carbonyl (C=O) groups excluding carboxylic acids is 2. The van der Waals surface area contributed by atoms with Crippen LogP contribution in [0.5, 0.6) is 0 Å². The molecule has 1 atom stereocenters. The number of ether oxygens (including phenoxy) is 1. The molecule has 3 aromatic rings. The van der Waals surface area contributed by atoms with E-state index in [1.54, 1.807) is 23.1 Å². The van der Waals surface area contributed by atoms with Crippen LogP contribution in [0.4, 0.5) is 5.69 Å². The Morgan fingerprint density at radius 1 is 1.26 bits per heavy atom. The van der Waals surface area contributed by atoms with Crippen LogP contribution >= 0.6 is 0 Å². The third kappa shape index (κ3) is 3.62. The van der Waals surface area contributed by atoms with Crippen LogP contribution in [0.3, 0.4) is 0 Å². The van der Waals surface area contributed by atoms with Crippen LogP contribution in [0.25, 0.3) is 11.5 Å². The molecule has 27 heavy (non-hydrogen) atoms. The first-order valence-electron chi connectivity index (χ1n) is 8.63. The smallest absolute Gasteiger partial charge is 0.311 e. The van der Waals surface area contributed by atoms with Crippen molar-refractivity contribution in [3.05, 3.63) is 60.0 Å². The fourth-order valence-electron chi connectivity index (χ4n) is 3.02. The molecule has 3 heterocycles. The van der Waals surface area contributed by atoms with Gasteiger partial charge in [-0.05, 0) is 31.2 Å². The molecule has 0 saturated carbocycles. The second-order valence-corrected chi connectivity index (χ2v) is 6.51. The van der Waals surface area contributed by atoms with Crippen molar-refractivity contribution >= 4 is 17.6 Å². The summed E-state index contributed by atoms with van der Waals surface area (Å²) in [5.41, 5.74) is 2.39. The monoisotopic (exact) mass is 366 g/mol. The van der Waals surface area contributed by atoms with Gasteiger partial charge in [-0.15, -0.1) is 0 Å². The highest BCUT2D eigenvalue weighted by Gasteiger charge is 2.36. The Morgan fingerprint density at radius 2 is 2.07 bits per heavy atom. The number of esters is 1. The van der Waals surface area contributed by atoms with Gasteiger partial charge in [-0.25, -0.2) is 0 Å². The first kappa shape index (κ1) is 17.1. The first-order valence-corrected chi connectivity index (χ1v) is 8.63. The van der Waals surface area contributed by atoms with E-state index in [1.165, 1.54) is 6.26 Å².